The third-order valence-electron chi connectivity index (χ3n) is 2.74. The van der Waals surface area contributed by atoms with Crippen LogP contribution in [-0.4, -0.2) is 20.7 Å². The topological polar surface area (TPSA) is 43.4 Å². The predicted octanol–water partition coefficient (Wildman–Crippen LogP) is 4.93. The van der Waals surface area contributed by atoms with Crippen LogP contribution < -0.4 is 0 Å². The quantitative estimate of drug-likeness (QED) is 0.663. The van der Waals surface area contributed by atoms with Crippen molar-refractivity contribution in [1.29, 1.82) is 0 Å². The van der Waals surface area contributed by atoms with E-state index < -0.39 is 33.0 Å². The van der Waals surface area contributed by atoms with Gasteiger partial charge in [-0.1, -0.05) is 53.5 Å². The van der Waals surface area contributed by atoms with Crippen molar-refractivity contribution in [3.63, 3.8) is 0 Å². The Morgan fingerprint density at radius 2 is 1.78 bits per heavy atom. The minimum absolute atomic E-state index is 0.0412. The summed E-state index contributed by atoms with van der Waals surface area (Å²) in [4.78, 5) is 0. The van der Waals surface area contributed by atoms with Gasteiger partial charge in [-0.2, -0.15) is 21.6 Å². The molecule has 0 aliphatic heterocycles. The molecular formula is C13H9Cl2F3O3S2. The molecule has 126 valence electrons. The summed E-state index contributed by atoms with van der Waals surface area (Å²) in [6.45, 7) is 0. The predicted molar refractivity (Wildman–Crippen MR) is 82.6 cm³/mol. The lowest BCUT2D eigenvalue weighted by atomic mass is 10.1. The summed E-state index contributed by atoms with van der Waals surface area (Å²) in [5.74, 6) is 0. The average molecular weight is 405 g/mol. The molecule has 0 saturated carbocycles. The van der Waals surface area contributed by atoms with E-state index in [0.717, 1.165) is 6.07 Å². The molecule has 0 aliphatic carbocycles. The van der Waals surface area contributed by atoms with Gasteiger partial charge in [-0.3, -0.25) is 4.18 Å². The van der Waals surface area contributed by atoms with Gasteiger partial charge in [0.1, 0.15) is 8.55 Å². The van der Waals surface area contributed by atoms with Gasteiger partial charge in [0.05, 0.1) is 5.02 Å². The lowest BCUT2D eigenvalue weighted by Gasteiger charge is -2.20. The summed E-state index contributed by atoms with van der Waals surface area (Å²) in [7, 11) is -4.63. The van der Waals surface area contributed by atoms with Crippen LogP contribution in [-0.2, 0) is 20.7 Å². The molecule has 0 bridgehead atoms. The number of hydrogen-bond donors (Lipinski definition) is 0. The molecule has 0 saturated heterocycles. The first-order chi connectivity index (χ1) is 10.6. The van der Waals surface area contributed by atoms with Crippen molar-refractivity contribution in [3.8, 4) is 0 Å². The highest BCUT2D eigenvalue weighted by Gasteiger charge is 2.44. The van der Waals surface area contributed by atoms with E-state index in [0.29, 0.717) is 16.9 Å². The molecule has 0 fully saturated rings. The molecule has 1 heterocycles. The van der Waals surface area contributed by atoms with Crippen LogP contribution >= 0.6 is 34.5 Å². The highest BCUT2D eigenvalue weighted by Crippen LogP contribution is 2.37. The van der Waals surface area contributed by atoms with Crippen molar-refractivity contribution < 1.29 is 25.8 Å². The summed E-state index contributed by atoms with van der Waals surface area (Å²) < 4.78 is 67.2. The Morgan fingerprint density at radius 3 is 2.26 bits per heavy atom. The maximum Gasteiger partial charge on any atom is 0.416 e. The average Bonchev–Trinajstić information content (AvgIpc) is 2.79. The summed E-state index contributed by atoms with van der Waals surface area (Å²) in [5, 5.41) is -0.0644. The lowest BCUT2D eigenvalue weighted by Crippen LogP contribution is -2.35. The van der Waals surface area contributed by atoms with Gasteiger partial charge >= 0.3 is 16.3 Å². The lowest BCUT2D eigenvalue weighted by molar-refractivity contribution is -0.193. The van der Waals surface area contributed by atoms with Crippen LogP contribution in [0.2, 0.25) is 9.36 Å². The van der Waals surface area contributed by atoms with Crippen LogP contribution in [0.15, 0.2) is 40.6 Å². The van der Waals surface area contributed by atoms with Crippen molar-refractivity contribution in [1.82, 2.24) is 0 Å². The van der Waals surface area contributed by atoms with Crippen molar-refractivity contribution in [2.45, 2.75) is 22.9 Å². The molecule has 0 N–H and O–H groups in total. The van der Waals surface area contributed by atoms with E-state index in [4.69, 9.17) is 23.2 Å². The number of thiophene rings is 1. The highest BCUT2D eigenvalue weighted by molar-refractivity contribution is 7.89. The van der Waals surface area contributed by atoms with E-state index in [-0.39, 0.29) is 9.36 Å². The van der Waals surface area contributed by atoms with Gasteiger partial charge < -0.3 is 0 Å². The van der Waals surface area contributed by atoms with Crippen molar-refractivity contribution >= 4 is 44.7 Å². The van der Waals surface area contributed by atoms with Crippen LogP contribution in [0.1, 0.15) is 5.56 Å². The number of hydrogen-bond acceptors (Lipinski definition) is 4. The zero-order valence-corrected chi connectivity index (χ0v) is 14.3. The van der Waals surface area contributed by atoms with Crippen LogP contribution in [0, 0.1) is 0 Å². The van der Waals surface area contributed by atoms with Gasteiger partial charge in [0.25, 0.3) is 0 Å². The summed E-state index contributed by atoms with van der Waals surface area (Å²) >= 11 is 11.8. The SMILES string of the molecule is O=S(=O)(O[C@H](Cc1ccccc1)C(F)(F)F)c1cc(Cl)c(Cl)s1. The highest BCUT2D eigenvalue weighted by atomic mass is 35.5. The third kappa shape index (κ3) is 4.84. The maximum absolute atomic E-state index is 13.1. The molecule has 23 heavy (non-hydrogen) atoms. The van der Waals surface area contributed by atoms with Crippen molar-refractivity contribution in [2.75, 3.05) is 0 Å². The summed E-state index contributed by atoms with van der Waals surface area (Å²) in [6.07, 6.45) is -7.99. The smallest absolute Gasteiger partial charge is 0.252 e. The van der Waals surface area contributed by atoms with Crippen LogP contribution in [0.4, 0.5) is 13.2 Å². The van der Waals surface area contributed by atoms with Crippen LogP contribution in [0.25, 0.3) is 0 Å². The fourth-order valence-electron chi connectivity index (χ4n) is 1.68. The monoisotopic (exact) mass is 404 g/mol. The fraction of sp³-hybridized carbons (Fsp3) is 0.231. The molecule has 0 amide bonds. The third-order valence-corrected chi connectivity index (χ3v) is 6.36. The Bertz CT molecular complexity index is 754. The molecule has 1 atom stereocenters. The standard InChI is InChI=1S/C13H9Cl2F3O3S2/c14-9-7-11(22-12(9)15)23(19,20)21-10(13(16,17)18)6-8-4-2-1-3-5-8/h1-5,7,10H,6H2/t10-/m1/s1. The fourth-order valence-corrected chi connectivity index (χ4v) is 4.60. The van der Waals surface area contributed by atoms with Gasteiger partial charge in [0, 0.05) is 6.42 Å². The molecule has 1 aromatic carbocycles. The molecule has 3 nitrogen and oxygen atoms in total. The number of rotatable bonds is 5. The Hall–Kier alpha value is -0.800. The van der Waals surface area contributed by atoms with E-state index in [9.17, 15) is 21.6 Å². The Labute approximate surface area is 144 Å². The Kier molecular flexibility index (Phi) is 5.63. The molecule has 1 aromatic heterocycles. The Morgan fingerprint density at radius 1 is 1.17 bits per heavy atom. The molecule has 2 rings (SSSR count). The molecule has 0 radical (unpaired) electrons. The first-order valence-corrected chi connectivity index (χ1v) is 9.06. The Balaban J connectivity index is 2.27. The molecule has 0 unspecified atom stereocenters. The minimum Gasteiger partial charge on any atom is -0.252 e. The van der Waals surface area contributed by atoms with Crippen LogP contribution in [0.5, 0.6) is 0 Å². The van der Waals surface area contributed by atoms with E-state index in [1.807, 2.05) is 0 Å². The second-order valence-electron chi connectivity index (χ2n) is 4.46. The van der Waals surface area contributed by atoms with Gasteiger partial charge in [0.15, 0.2) is 6.10 Å². The van der Waals surface area contributed by atoms with Crippen LogP contribution in [0.3, 0.4) is 0 Å². The first-order valence-electron chi connectivity index (χ1n) is 6.08. The molecule has 10 heteroatoms. The largest absolute Gasteiger partial charge is 0.416 e. The molecule has 0 aliphatic rings. The van der Waals surface area contributed by atoms with Gasteiger partial charge in [-0.25, -0.2) is 0 Å². The second kappa shape index (κ2) is 6.98. The molecular weight excluding hydrogens is 396 g/mol. The van der Waals surface area contributed by atoms with E-state index in [1.165, 1.54) is 12.1 Å². The van der Waals surface area contributed by atoms with Crippen molar-refractivity contribution in [2.24, 2.45) is 0 Å². The number of alkyl halides is 3. The summed E-state index contributed by atoms with van der Waals surface area (Å²) in [6, 6.07) is 8.60. The number of halogens is 5. The minimum atomic E-state index is -4.85. The molecule has 0 spiro atoms. The van der Waals surface area contributed by atoms with Gasteiger partial charge in [0.2, 0.25) is 0 Å². The maximum atomic E-state index is 13.1. The van der Waals surface area contributed by atoms with E-state index >= 15 is 0 Å². The van der Waals surface area contributed by atoms with E-state index in [2.05, 4.69) is 4.18 Å². The van der Waals surface area contributed by atoms with Crippen molar-refractivity contribution in [3.05, 3.63) is 51.3 Å². The normalized spacial score (nSPS) is 14.0. The summed E-state index contributed by atoms with van der Waals surface area (Å²) in [5.41, 5.74) is 0.298. The van der Waals surface area contributed by atoms with Gasteiger partial charge in [-0.15, -0.1) is 11.3 Å². The zero-order valence-electron chi connectivity index (χ0n) is 11.2. The first kappa shape index (κ1) is 18.5. The second-order valence-corrected chi connectivity index (χ2v) is 8.32. The zero-order chi connectivity index (χ0) is 17.3. The van der Waals surface area contributed by atoms with E-state index in [1.54, 1.807) is 18.2 Å². The van der Waals surface area contributed by atoms with Gasteiger partial charge in [-0.05, 0) is 11.6 Å². The number of benzene rings is 1. The molecule has 2 aromatic rings.